The molecule has 2 nitrogen and oxygen atoms in total. The van der Waals surface area contributed by atoms with Gasteiger partial charge >= 0.3 is 51.4 Å². The molecule has 0 rings (SSSR count). The van der Waals surface area contributed by atoms with Crippen LogP contribution in [-0.2, 0) is 4.79 Å². The Kier molecular flexibility index (Phi) is 25.9. The average Bonchev–Trinajstić information content (AvgIpc) is 2.50. The van der Waals surface area contributed by atoms with E-state index in [0.29, 0.717) is 0 Å². The number of hydrogen-bond donors (Lipinski definition) is 1. The van der Waals surface area contributed by atoms with E-state index >= 15 is 0 Å². The maximum absolute atomic E-state index is 10.7. The van der Waals surface area contributed by atoms with Crippen LogP contribution in [0.3, 0.4) is 0 Å². The molecule has 0 aliphatic rings. The standard InChI is InChI=1S/C20H39NO.K.H/c1-3-4-5-6-7-8-9-10-11-12-13-14-15-16-17-18-19-21-20(2)22;;/h10-11H,3-9,12-19H2,1-2H3,(H,21,22);;/b11-10-;;. The minimum atomic E-state index is 0. The van der Waals surface area contributed by atoms with Crippen molar-refractivity contribution in [3.63, 3.8) is 0 Å². The van der Waals surface area contributed by atoms with Crippen LogP contribution in [0.2, 0.25) is 0 Å². The summed E-state index contributed by atoms with van der Waals surface area (Å²) in [6.45, 7) is 4.70. The number of hydrogen-bond acceptors (Lipinski definition) is 1. The van der Waals surface area contributed by atoms with Gasteiger partial charge in [-0.2, -0.15) is 0 Å². The molecule has 0 heterocycles. The number of amides is 1. The van der Waals surface area contributed by atoms with Gasteiger partial charge in [-0.3, -0.25) is 4.79 Å². The van der Waals surface area contributed by atoms with Gasteiger partial charge in [0.2, 0.25) is 5.91 Å². The van der Waals surface area contributed by atoms with Crippen LogP contribution in [0.25, 0.3) is 0 Å². The summed E-state index contributed by atoms with van der Waals surface area (Å²) < 4.78 is 0. The zero-order valence-corrected chi connectivity index (χ0v) is 15.2. The van der Waals surface area contributed by atoms with Crippen LogP contribution in [-0.4, -0.2) is 63.8 Å². The second-order valence-corrected chi connectivity index (χ2v) is 6.42. The molecule has 23 heavy (non-hydrogen) atoms. The van der Waals surface area contributed by atoms with Crippen molar-refractivity contribution in [2.75, 3.05) is 6.54 Å². The van der Waals surface area contributed by atoms with Crippen LogP contribution < -0.4 is 5.32 Å². The van der Waals surface area contributed by atoms with Crippen LogP contribution in [0.5, 0.6) is 0 Å². The summed E-state index contributed by atoms with van der Waals surface area (Å²) in [6, 6.07) is 0. The fraction of sp³-hybridized carbons (Fsp3) is 0.850. The first kappa shape index (κ1) is 26.1. The molecule has 0 aromatic rings. The maximum atomic E-state index is 10.7. The molecule has 0 radical (unpaired) electrons. The van der Waals surface area contributed by atoms with E-state index in [9.17, 15) is 4.79 Å². The van der Waals surface area contributed by atoms with Gasteiger partial charge in [-0.25, -0.2) is 0 Å². The van der Waals surface area contributed by atoms with Gasteiger partial charge in [-0.1, -0.05) is 76.9 Å². The summed E-state index contributed by atoms with van der Waals surface area (Å²) in [6.07, 6.45) is 23.3. The first-order valence-electron chi connectivity index (χ1n) is 9.66. The molecule has 132 valence electrons. The van der Waals surface area contributed by atoms with Crippen molar-refractivity contribution in [2.45, 2.75) is 104 Å². The summed E-state index contributed by atoms with van der Waals surface area (Å²) >= 11 is 0. The van der Waals surface area contributed by atoms with Gasteiger partial charge in [0, 0.05) is 13.5 Å². The second-order valence-electron chi connectivity index (χ2n) is 6.42. The molecule has 0 bridgehead atoms. The number of carbonyl (C=O) groups is 1. The molecule has 0 aliphatic carbocycles. The molecule has 0 saturated heterocycles. The van der Waals surface area contributed by atoms with Gasteiger partial charge in [-0.15, -0.1) is 0 Å². The van der Waals surface area contributed by atoms with Crippen molar-refractivity contribution in [3.8, 4) is 0 Å². The number of rotatable bonds is 16. The van der Waals surface area contributed by atoms with Gasteiger partial charge in [0.15, 0.2) is 0 Å². The van der Waals surface area contributed by atoms with E-state index in [0.717, 1.165) is 13.0 Å². The van der Waals surface area contributed by atoms with Gasteiger partial charge in [0.05, 0.1) is 0 Å². The van der Waals surface area contributed by atoms with Crippen molar-refractivity contribution >= 4 is 57.3 Å². The molecule has 0 aromatic heterocycles. The molecule has 0 aliphatic heterocycles. The first-order chi connectivity index (χ1) is 10.8. The third kappa shape index (κ3) is 25.2. The average molecular weight is 350 g/mol. The predicted octanol–water partition coefficient (Wildman–Crippen LogP) is 5.51. The van der Waals surface area contributed by atoms with E-state index in [2.05, 4.69) is 24.4 Å². The quantitative estimate of drug-likeness (QED) is 0.222. The van der Waals surface area contributed by atoms with Crippen LogP contribution in [0.1, 0.15) is 104 Å². The molecule has 0 spiro atoms. The monoisotopic (exact) mass is 349 g/mol. The third-order valence-electron chi connectivity index (χ3n) is 4.06. The summed E-state index contributed by atoms with van der Waals surface area (Å²) in [4.78, 5) is 10.7. The third-order valence-corrected chi connectivity index (χ3v) is 4.06. The van der Waals surface area contributed by atoms with E-state index in [4.69, 9.17) is 0 Å². The number of nitrogens with one attached hydrogen (secondary N) is 1. The molecule has 0 aromatic carbocycles. The van der Waals surface area contributed by atoms with E-state index < -0.39 is 0 Å². The minimum absolute atomic E-state index is 0. The van der Waals surface area contributed by atoms with Crippen molar-refractivity contribution in [3.05, 3.63) is 12.2 Å². The molecule has 0 unspecified atom stereocenters. The van der Waals surface area contributed by atoms with Crippen molar-refractivity contribution in [2.24, 2.45) is 0 Å². The van der Waals surface area contributed by atoms with Crippen LogP contribution in [0, 0.1) is 0 Å². The fourth-order valence-electron chi connectivity index (χ4n) is 2.64. The molecule has 3 heteroatoms. The summed E-state index contributed by atoms with van der Waals surface area (Å²) in [5.74, 6) is 0.0905. The first-order valence-corrected chi connectivity index (χ1v) is 9.66. The Morgan fingerprint density at radius 1 is 0.739 bits per heavy atom. The van der Waals surface area contributed by atoms with Crippen LogP contribution in [0.15, 0.2) is 12.2 Å². The number of unbranched alkanes of at least 4 members (excludes halogenated alkanes) is 12. The van der Waals surface area contributed by atoms with Gasteiger partial charge < -0.3 is 5.32 Å². The molecule has 1 amide bonds. The summed E-state index contributed by atoms with van der Waals surface area (Å²) in [5.41, 5.74) is 0. The van der Waals surface area contributed by atoms with E-state index in [1.54, 1.807) is 6.92 Å². The normalized spacial score (nSPS) is 10.7. The fourth-order valence-corrected chi connectivity index (χ4v) is 2.64. The Morgan fingerprint density at radius 2 is 1.17 bits per heavy atom. The van der Waals surface area contributed by atoms with Gasteiger partial charge in [0.25, 0.3) is 0 Å². The predicted molar refractivity (Wildman–Crippen MR) is 105 cm³/mol. The molecule has 0 atom stereocenters. The van der Waals surface area contributed by atoms with E-state index in [-0.39, 0.29) is 57.3 Å². The molecule has 0 fully saturated rings. The molecule has 1 N–H and O–H groups in total. The molecular weight excluding hydrogens is 309 g/mol. The number of carbonyl (C=O) groups excluding carboxylic acids is 1. The van der Waals surface area contributed by atoms with Crippen molar-refractivity contribution in [1.82, 2.24) is 5.32 Å². The Hall–Kier alpha value is 0.846. The van der Waals surface area contributed by atoms with Gasteiger partial charge in [0.1, 0.15) is 0 Å². The SMILES string of the molecule is CCCCCCCC/C=C\CCCCCCCCNC(C)=O.[KH]. The Morgan fingerprint density at radius 3 is 1.65 bits per heavy atom. The van der Waals surface area contributed by atoms with Crippen LogP contribution in [0.4, 0.5) is 0 Å². The van der Waals surface area contributed by atoms with Crippen LogP contribution >= 0.6 is 0 Å². The topological polar surface area (TPSA) is 29.1 Å². The molecular formula is C20H40KNO. The Bertz CT molecular complexity index is 266. The zero-order chi connectivity index (χ0) is 16.3. The summed E-state index contributed by atoms with van der Waals surface area (Å²) in [5, 5.41) is 2.85. The van der Waals surface area contributed by atoms with Crippen molar-refractivity contribution in [1.29, 1.82) is 0 Å². The second kappa shape index (κ2) is 22.8. The molecule has 0 saturated carbocycles. The van der Waals surface area contributed by atoms with Gasteiger partial charge in [-0.05, 0) is 32.1 Å². The Labute approximate surface area is 188 Å². The van der Waals surface area contributed by atoms with Crippen molar-refractivity contribution < 1.29 is 4.79 Å². The summed E-state index contributed by atoms with van der Waals surface area (Å²) in [7, 11) is 0. The van der Waals surface area contributed by atoms with E-state index in [1.807, 2.05) is 0 Å². The zero-order valence-electron chi connectivity index (χ0n) is 15.2. The Balaban J connectivity index is 0. The number of allylic oxidation sites excluding steroid dienone is 2. The van der Waals surface area contributed by atoms with E-state index in [1.165, 1.54) is 83.5 Å².